The highest BCUT2D eigenvalue weighted by Crippen LogP contribution is 2.45. The summed E-state index contributed by atoms with van der Waals surface area (Å²) in [5.41, 5.74) is 2.56. The molecule has 3 heterocycles. The topological polar surface area (TPSA) is 84.7 Å². The maximum Gasteiger partial charge on any atom is 0.316 e. The van der Waals surface area contributed by atoms with Crippen LogP contribution in [0.15, 0.2) is 70.3 Å². The van der Waals surface area contributed by atoms with Crippen LogP contribution in [-0.2, 0) is 15.8 Å². The van der Waals surface area contributed by atoms with E-state index in [1.54, 1.807) is 11.3 Å². The lowest BCUT2D eigenvalue weighted by Gasteiger charge is -2.35. The molecule has 42 heavy (non-hydrogen) atoms. The van der Waals surface area contributed by atoms with Crippen molar-refractivity contribution in [2.75, 3.05) is 37.7 Å². The van der Waals surface area contributed by atoms with Crippen molar-refractivity contribution in [1.29, 1.82) is 0 Å². The molecule has 2 fully saturated rings. The number of benzene rings is 2. The first-order valence-electron chi connectivity index (χ1n) is 13.7. The molecule has 8 nitrogen and oxygen atoms in total. The van der Waals surface area contributed by atoms with Crippen molar-refractivity contribution in [2.45, 2.75) is 25.5 Å². The van der Waals surface area contributed by atoms with Crippen LogP contribution >= 0.6 is 11.3 Å². The molecule has 0 spiro atoms. The number of nitrogens with zero attached hydrogens (tertiary/aromatic N) is 4. The third-order valence-corrected chi connectivity index (χ3v) is 10.3. The molecular formula is C30H30F2N4O4S2. The Bertz CT molecular complexity index is 1730. The van der Waals surface area contributed by atoms with Gasteiger partial charge < -0.3 is 9.64 Å². The average molecular weight is 613 g/mol. The molecule has 1 aliphatic heterocycles. The van der Waals surface area contributed by atoms with Crippen LogP contribution in [-0.4, -0.2) is 55.3 Å². The van der Waals surface area contributed by atoms with Gasteiger partial charge in [0.2, 0.25) is 15.8 Å². The van der Waals surface area contributed by atoms with E-state index in [-0.39, 0.29) is 35.7 Å². The monoisotopic (exact) mass is 612 g/mol. The number of hydrogen-bond donors (Lipinski definition) is 0. The van der Waals surface area contributed by atoms with Crippen LogP contribution in [0.4, 0.5) is 14.5 Å². The van der Waals surface area contributed by atoms with Crippen LogP contribution in [0, 0.1) is 17.0 Å². The van der Waals surface area contributed by atoms with Crippen LogP contribution in [0.3, 0.4) is 0 Å². The molecule has 0 bridgehead atoms. The second-order valence-electron chi connectivity index (χ2n) is 11.2. The smallest absolute Gasteiger partial charge is 0.316 e. The molecule has 1 aliphatic carbocycles. The average Bonchev–Trinajstić information content (AvgIpc) is 3.44. The fraction of sp³-hybridized carbons (Fsp3) is 0.333. The summed E-state index contributed by atoms with van der Waals surface area (Å²) in [7, 11) is -3.57. The predicted octanol–water partition coefficient (Wildman–Crippen LogP) is 5.07. The molecule has 2 aliphatic rings. The SMILES string of the molecule is CC1(COc2c(N3CCN(S(=O)(=O)Cc4ccc(-c5ccsc5)cc4)CC3)cnn(-c3cc(F)cc(F)c3)c2=O)CC1. The molecule has 0 atom stereocenters. The Labute approximate surface area is 246 Å². The highest BCUT2D eigenvalue weighted by Gasteiger charge is 2.39. The van der Waals surface area contributed by atoms with Gasteiger partial charge in [0, 0.05) is 37.7 Å². The molecule has 220 valence electrons. The number of hydrogen-bond acceptors (Lipinski definition) is 7. The predicted molar refractivity (Wildman–Crippen MR) is 159 cm³/mol. The zero-order valence-electron chi connectivity index (χ0n) is 23.0. The van der Waals surface area contributed by atoms with Gasteiger partial charge in [0.25, 0.3) is 0 Å². The number of anilines is 1. The Kier molecular flexibility index (Phi) is 7.62. The van der Waals surface area contributed by atoms with E-state index in [0.717, 1.165) is 46.8 Å². The normalized spacial score (nSPS) is 16.9. The van der Waals surface area contributed by atoms with Crippen LogP contribution in [0.1, 0.15) is 25.3 Å². The summed E-state index contributed by atoms with van der Waals surface area (Å²) in [6.45, 7) is 3.48. The van der Waals surface area contributed by atoms with E-state index in [1.165, 1.54) is 10.5 Å². The van der Waals surface area contributed by atoms with Crippen LogP contribution in [0.25, 0.3) is 16.8 Å². The molecule has 12 heteroatoms. The standard InChI is InChI=1S/C30H30F2N4O4S2/c1-30(7-8-30)20-40-28-27(17-33-36(29(28)37)26-15-24(31)14-25(32)16-26)34-9-11-35(12-10-34)42(38,39)19-21-2-4-22(5-3-21)23-6-13-41-18-23/h2-6,13-18H,7-12,19-20H2,1H3. The van der Waals surface area contributed by atoms with E-state index in [4.69, 9.17) is 4.74 Å². The Balaban J connectivity index is 1.19. The van der Waals surface area contributed by atoms with Crippen LogP contribution in [0.5, 0.6) is 5.75 Å². The minimum Gasteiger partial charge on any atom is -0.486 e. The highest BCUT2D eigenvalue weighted by molar-refractivity contribution is 7.88. The lowest BCUT2D eigenvalue weighted by atomic mass is 10.1. The van der Waals surface area contributed by atoms with E-state index in [0.29, 0.717) is 30.9 Å². The summed E-state index contributed by atoms with van der Waals surface area (Å²) in [6.07, 6.45) is 3.39. The molecular weight excluding hydrogens is 582 g/mol. The van der Waals surface area contributed by atoms with Crippen molar-refractivity contribution in [3.8, 4) is 22.6 Å². The third-order valence-electron chi connectivity index (χ3n) is 7.81. The van der Waals surface area contributed by atoms with Crippen molar-refractivity contribution in [1.82, 2.24) is 14.1 Å². The molecule has 2 aromatic carbocycles. The molecule has 0 radical (unpaired) electrons. The number of thiophene rings is 1. The first kappa shape index (κ1) is 28.5. The van der Waals surface area contributed by atoms with Gasteiger partial charge in [0.1, 0.15) is 17.3 Å². The first-order valence-corrected chi connectivity index (χ1v) is 16.2. The number of halogens is 2. The Morgan fingerprint density at radius 2 is 1.67 bits per heavy atom. The van der Waals surface area contributed by atoms with Crippen molar-refractivity contribution in [2.24, 2.45) is 5.41 Å². The summed E-state index contributed by atoms with van der Waals surface area (Å²) < 4.78 is 62.8. The summed E-state index contributed by atoms with van der Waals surface area (Å²) in [4.78, 5) is 15.4. The fourth-order valence-corrected chi connectivity index (χ4v) is 7.15. The van der Waals surface area contributed by atoms with Crippen LogP contribution in [0.2, 0.25) is 0 Å². The summed E-state index contributed by atoms with van der Waals surface area (Å²) in [6, 6.07) is 12.4. The number of piperazine rings is 1. The van der Waals surface area contributed by atoms with Crippen molar-refractivity contribution in [3.63, 3.8) is 0 Å². The minimum atomic E-state index is -3.57. The van der Waals surface area contributed by atoms with E-state index in [1.807, 2.05) is 46.0 Å². The second-order valence-corrected chi connectivity index (χ2v) is 13.9. The Hall–Kier alpha value is -3.61. The number of sulfonamides is 1. The molecule has 0 unspecified atom stereocenters. The quantitative estimate of drug-likeness (QED) is 0.263. The molecule has 1 saturated heterocycles. The minimum absolute atomic E-state index is 0.0303. The van der Waals surface area contributed by atoms with Gasteiger partial charge in [0.05, 0.1) is 24.2 Å². The fourth-order valence-electron chi connectivity index (χ4n) is 4.97. The van der Waals surface area contributed by atoms with Gasteiger partial charge in [0.15, 0.2) is 0 Å². The Morgan fingerprint density at radius 3 is 2.29 bits per heavy atom. The summed E-state index contributed by atoms with van der Waals surface area (Å²) >= 11 is 1.61. The molecule has 0 N–H and O–H groups in total. The molecule has 2 aromatic heterocycles. The van der Waals surface area contributed by atoms with Crippen LogP contribution < -0.4 is 15.2 Å². The molecule has 0 amide bonds. The molecule has 1 saturated carbocycles. The third kappa shape index (κ3) is 6.11. The van der Waals surface area contributed by atoms with Gasteiger partial charge in [-0.25, -0.2) is 17.2 Å². The van der Waals surface area contributed by atoms with Gasteiger partial charge in [-0.3, -0.25) is 4.79 Å². The van der Waals surface area contributed by atoms with Gasteiger partial charge >= 0.3 is 5.56 Å². The zero-order chi connectivity index (χ0) is 29.5. The summed E-state index contributed by atoms with van der Waals surface area (Å²) in [5, 5.41) is 8.24. The van der Waals surface area contributed by atoms with E-state index in [2.05, 4.69) is 12.0 Å². The Morgan fingerprint density at radius 1 is 0.976 bits per heavy atom. The van der Waals surface area contributed by atoms with Gasteiger partial charge in [-0.05, 0) is 58.5 Å². The van der Waals surface area contributed by atoms with E-state index in [9.17, 15) is 22.0 Å². The van der Waals surface area contributed by atoms with Gasteiger partial charge in [-0.1, -0.05) is 31.2 Å². The van der Waals surface area contributed by atoms with E-state index < -0.39 is 27.2 Å². The highest BCUT2D eigenvalue weighted by atomic mass is 32.2. The van der Waals surface area contributed by atoms with Crippen molar-refractivity contribution < 1.29 is 21.9 Å². The molecule has 6 rings (SSSR count). The zero-order valence-corrected chi connectivity index (χ0v) is 24.6. The number of ether oxygens (including phenoxy) is 1. The van der Waals surface area contributed by atoms with E-state index >= 15 is 0 Å². The number of aromatic nitrogens is 2. The van der Waals surface area contributed by atoms with Crippen molar-refractivity contribution >= 4 is 27.0 Å². The largest absolute Gasteiger partial charge is 0.486 e. The van der Waals surface area contributed by atoms with Crippen molar-refractivity contribution in [3.05, 3.63) is 93.0 Å². The maximum absolute atomic E-state index is 13.9. The number of rotatable bonds is 9. The van der Waals surface area contributed by atoms with Gasteiger partial charge in [-0.15, -0.1) is 0 Å². The summed E-state index contributed by atoms with van der Waals surface area (Å²) in [5.74, 6) is -1.73. The lowest BCUT2D eigenvalue weighted by molar-refractivity contribution is 0.242. The first-order chi connectivity index (χ1) is 20.1. The molecule has 4 aromatic rings. The van der Waals surface area contributed by atoms with Gasteiger partial charge in [-0.2, -0.15) is 25.4 Å². The maximum atomic E-state index is 13.9. The second kappa shape index (κ2) is 11.2. The lowest BCUT2D eigenvalue weighted by Crippen LogP contribution is -2.49.